The Hall–Kier alpha value is -6.97. The average Bonchev–Trinajstić information content (AvgIpc) is 3.86. The number of nitrogens with zero attached hydrogens (tertiary/aromatic N) is 2. The number of aromatic nitrogens is 1. The number of fused-ring (bicyclic) bond motifs is 4. The molecule has 3 nitrogen and oxygen atoms in total. The van der Waals surface area contributed by atoms with Gasteiger partial charge in [-0.1, -0.05) is 147 Å². The van der Waals surface area contributed by atoms with Crippen LogP contribution in [-0.2, 0) is 5.41 Å². The standard InChI is InChI=1S/C56H46N2O/c1-3-56(4-2)51-36-40(28-33-47(51)48-35-32-46(38-52(48)56)58(44-18-10-6-11-19-44)45-20-12-7-13-21-45)25-24-39-26-29-42(30-27-39)50-37-43(41-16-8-5-9-17-41)31-34-49(50)55-57-53-22-14-15-23-54(53)59-55/h5-26,28-29,31-38H,3-4,27,30H2,1-2H3/b25-24+. The summed E-state index contributed by atoms with van der Waals surface area (Å²) in [5.74, 6) is 0.659. The van der Waals surface area contributed by atoms with Gasteiger partial charge in [0.05, 0.1) is 0 Å². The number of allylic oxidation sites excluding steroid dienone is 5. The van der Waals surface area contributed by atoms with Crippen LogP contribution >= 0.6 is 0 Å². The maximum absolute atomic E-state index is 6.31. The molecule has 1 aromatic heterocycles. The highest BCUT2D eigenvalue weighted by molar-refractivity contribution is 5.88. The Morgan fingerprint density at radius 3 is 1.86 bits per heavy atom. The highest BCUT2D eigenvalue weighted by Crippen LogP contribution is 2.54. The summed E-state index contributed by atoms with van der Waals surface area (Å²) in [6, 6.07) is 60.9. The van der Waals surface area contributed by atoms with Crippen LogP contribution in [0.15, 0.2) is 198 Å². The first-order valence-corrected chi connectivity index (χ1v) is 20.9. The molecule has 3 heteroatoms. The summed E-state index contributed by atoms with van der Waals surface area (Å²) in [7, 11) is 0. The molecule has 0 spiro atoms. The van der Waals surface area contributed by atoms with E-state index in [2.05, 4.69) is 189 Å². The number of hydrogen-bond donors (Lipinski definition) is 0. The molecule has 0 saturated heterocycles. The van der Waals surface area contributed by atoms with Crippen molar-refractivity contribution in [1.82, 2.24) is 4.98 Å². The molecule has 286 valence electrons. The van der Waals surface area contributed by atoms with E-state index in [0.29, 0.717) is 5.89 Å². The fraction of sp³-hybridized carbons (Fsp3) is 0.125. The molecule has 0 bridgehead atoms. The van der Waals surface area contributed by atoms with Gasteiger partial charge in [0.15, 0.2) is 5.58 Å². The molecule has 59 heavy (non-hydrogen) atoms. The van der Waals surface area contributed by atoms with Crippen molar-refractivity contribution in [2.75, 3.05) is 4.90 Å². The third kappa shape index (κ3) is 6.63. The lowest BCUT2D eigenvalue weighted by Gasteiger charge is -2.32. The van der Waals surface area contributed by atoms with E-state index in [1.54, 1.807) is 0 Å². The molecule has 1 heterocycles. The van der Waals surface area contributed by atoms with Crippen molar-refractivity contribution in [2.24, 2.45) is 0 Å². The smallest absolute Gasteiger partial charge is 0.227 e. The molecule has 0 amide bonds. The zero-order valence-corrected chi connectivity index (χ0v) is 33.6. The van der Waals surface area contributed by atoms with E-state index >= 15 is 0 Å². The van der Waals surface area contributed by atoms with Crippen molar-refractivity contribution in [3.63, 3.8) is 0 Å². The van der Waals surface area contributed by atoms with Crippen molar-refractivity contribution in [3.05, 3.63) is 216 Å². The Kier molecular flexibility index (Phi) is 9.50. The van der Waals surface area contributed by atoms with E-state index in [-0.39, 0.29) is 5.41 Å². The zero-order valence-electron chi connectivity index (χ0n) is 33.6. The van der Waals surface area contributed by atoms with Crippen molar-refractivity contribution in [1.29, 1.82) is 0 Å². The molecule has 8 aromatic rings. The van der Waals surface area contributed by atoms with Gasteiger partial charge >= 0.3 is 0 Å². The quantitative estimate of drug-likeness (QED) is 0.139. The maximum atomic E-state index is 6.31. The molecule has 0 aliphatic heterocycles. The molecular weight excluding hydrogens is 717 g/mol. The van der Waals surface area contributed by atoms with Gasteiger partial charge in [0.2, 0.25) is 5.89 Å². The van der Waals surface area contributed by atoms with Crippen LogP contribution in [0.5, 0.6) is 0 Å². The molecule has 2 aliphatic rings. The van der Waals surface area contributed by atoms with E-state index < -0.39 is 0 Å². The summed E-state index contributed by atoms with van der Waals surface area (Å²) in [5.41, 5.74) is 19.1. The Labute approximate surface area is 347 Å². The Morgan fingerprint density at radius 1 is 0.542 bits per heavy atom. The van der Waals surface area contributed by atoms with Crippen LogP contribution < -0.4 is 4.90 Å². The van der Waals surface area contributed by atoms with E-state index in [0.717, 1.165) is 53.7 Å². The molecular formula is C56H46N2O. The molecule has 0 saturated carbocycles. The molecule has 10 rings (SSSR count). The van der Waals surface area contributed by atoms with Crippen molar-refractivity contribution >= 4 is 39.8 Å². The number of oxazole rings is 1. The molecule has 0 unspecified atom stereocenters. The van der Waals surface area contributed by atoms with Gasteiger partial charge in [0.1, 0.15) is 5.52 Å². The van der Waals surface area contributed by atoms with Gasteiger partial charge in [-0.15, -0.1) is 0 Å². The van der Waals surface area contributed by atoms with Crippen LogP contribution in [0.4, 0.5) is 17.1 Å². The second-order valence-electron chi connectivity index (χ2n) is 15.7. The normalized spacial score (nSPS) is 14.2. The minimum Gasteiger partial charge on any atom is -0.436 e. The largest absolute Gasteiger partial charge is 0.436 e. The summed E-state index contributed by atoms with van der Waals surface area (Å²) in [5, 5.41) is 0. The van der Waals surface area contributed by atoms with Gasteiger partial charge < -0.3 is 9.32 Å². The van der Waals surface area contributed by atoms with Gasteiger partial charge in [0.25, 0.3) is 0 Å². The highest BCUT2D eigenvalue weighted by Gasteiger charge is 2.41. The monoisotopic (exact) mass is 762 g/mol. The molecule has 7 aromatic carbocycles. The summed E-state index contributed by atoms with van der Waals surface area (Å²) < 4.78 is 6.31. The summed E-state index contributed by atoms with van der Waals surface area (Å²) in [4.78, 5) is 7.27. The third-order valence-corrected chi connectivity index (χ3v) is 12.5. The number of para-hydroxylation sites is 4. The molecule has 2 aliphatic carbocycles. The third-order valence-electron chi connectivity index (χ3n) is 12.5. The van der Waals surface area contributed by atoms with Gasteiger partial charge in [-0.2, -0.15) is 0 Å². The first-order valence-electron chi connectivity index (χ1n) is 20.9. The lowest BCUT2D eigenvalue weighted by Crippen LogP contribution is -2.23. The predicted octanol–water partition coefficient (Wildman–Crippen LogP) is 15.5. The molecule has 0 N–H and O–H groups in total. The first kappa shape index (κ1) is 36.4. The van der Waals surface area contributed by atoms with Gasteiger partial charge in [-0.3, -0.25) is 0 Å². The Morgan fingerprint density at radius 2 is 1.19 bits per heavy atom. The van der Waals surface area contributed by atoms with E-state index in [9.17, 15) is 0 Å². The van der Waals surface area contributed by atoms with Crippen LogP contribution in [0.3, 0.4) is 0 Å². The fourth-order valence-corrected chi connectivity index (χ4v) is 9.37. The van der Waals surface area contributed by atoms with Crippen molar-refractivity contribution < 1.29 is 4.42 Å². The van der Waals surface area contributed by atoms with Crippen molar-refractivity contribution in [2.45, 2.75) is 44.9 Å². The Bertz CT molecular complexity index is 2820. The lowest BCUT2D eigenvalue weighted by atomic mass is 9.73. The lowest BCUT2D eigenvalue weighted by molar-refractivity contribution is 0.490. The minimum atomic E-state index is -0.0635. The number of benzene rings is 7. The second-order valence-corrected chi connectivity index (χ2v) is 15.7. The van der Waals surface area contributed by atoms with Crippen LogP contribution in [0.2, 0.25) is 0 Å². The van der Waals surface area contributed by atoms with Gasteiger partial charge in [-0.25, -0.2) is 4.98 Å². The Balaban J connectivity index is 0.964. The van der Waals surface area contributed by atoms with E-state index in [4.69, 9.17) is 9.40 Å². The second kappa shape index (κ2) is 15.4. The number of rotatable bonds is 10. The van der Waals surface area contributed by atoms with Crippen LogP contribution in [0.25, 0.3) is 56.5 Å². The first-order chi connectivity index (χ1) is 29.1. The summed E-state index contributed by atoms with van der Waals surface area (Å²) in [6.45, 7) is 4.71. The molecule has 0 atom stereocenters. The number of anilines is 3. The average molecular weight is 763 g/mol. The summed E-state index contributed by atoms with van der Waals surface area (Å²) >= 11 is 0. The highest BCUT2D eigenvalue weighted by atomic mass is 16.3. The minimum absolute atomic E-state index is 0.0635. The zero-order chi connectivity index (χ0) is 39.8. The fourth-order valence-electron chi connectivity index (χ4n) is 9.37. The number of hydrogen-bond acceptors (Lipinski definition) is 3. The summed E-state index contributed by atoms with van der Waals surface area (Å²) in [6.07, 6.45) is 13.2. The molecule has 0 fully saturated rings. The van der Waals surface area contributed by atoms with Crippen LogP contribution in [-0.4, -0.2) is 4.98 Å². The van der Waals surface area contributed by atoms with Gasteiger partial charge in [0, 0.05) is 28.0 Å². The van der Waals surface area contributed by atoms with Crippen LogP contribution in [0.1, 0.15) is 61.8 Å². The predicted molar refractivity (Wildman–Crippen MR) is 247 cm³/mol. The van der Waals surface area contributed by atoms with Crippen molar-refractivity contribution in [3.8, 4) is 33.7 Å². The maximum Gasteiger partial charge on any atom is 0.227 e. The molecule has 0 radical (unpaired) electrons. The SMILES string of the molecule is CCC1(CC)c2cc(/C=C/C3=CC=C(c4cc(-c5ccccc5)ccc4-c4nc5ccccc5o4)CC3)ccc2-c2ccc(N(c3ccccc3)c3ccccc3)cc21. The topological polar surface area (TPSA) is 29.3 Å². The van der Waals surface area contributed by atoms with E-state index in [1.807, 2.05) is 24.3 Å². The van der Waals surface area contributed by atoms with E-state index in [1.165, 1.54) is 61.3 Å². The van der Waals surface area contributed by atoms with Gasteiger partial charge in [-0.05, 0) is 142 Å². The van der Waals surface area contributed by atoms with Crippen LogP contribution in [0, 0.1) is 0 Å².